The molecule has 0 radical (unpaired) electrons. The standard InChI is InChI=1S/C25H28N2O5/c1-14(2)22(27-23(28)17-8-6-7-9-18(17)24(27)29)25(30)26-11-10-16-12-20(31-4)21(32-5)13-19(16)15(26)3/h6-9,12-15,22H,10-11H2,1-5H3/t15-,22-/m1/s1. The molecule has 0 spiro atoms. The van der Waals surface area contributed by atoms with Crippen molar-refractivity contribution in [2.45, 2.75) is 39.3 Å². The Bertz CT molecular complexity index is 1060. The molecule has 168 valence electrons. The molecule has 0 aromatic heterocycles. The van der Waals surface area contributed by atoms with Crippen LogP contribution in [0.3, 0.4) is 0 Å². The van der Waals surface area contributed by atoms with Crippen LogP contribution in [-0.2, 0) is 11.2 Å². The highest BCUT2D eigenvalue weighted by Gasteiger charge is 2.46. The van der Waals surface area contributed by atoms with Gasteiger partial charge in [-0.3, -0.25) is 19.3 Å². The largest absolute Gasteiger partial charge is 0.493 e. The van der Waals surface area contributed by atoms with E-state index in [1.165, 1.54) is 0 Å². The zero-order valence-electron chi connectivity index (χ0n) is 19.0. The number of carbonyl (C=O) groups is 3. The zero-order valence-corrected chi connectivity index (χ0v) is 19.0. The van der Waals surface area contributed by atoms with Gasteiger partial charge in [0.2, 0.25) is 5.91 Å². The van der Waals surface area contributed by atoms with Crippen molar-refractivity contribution in [3.8, 4) is 11.5 Å². The predicted octanol–water partition coefficient (Wildman–Crippen LogP) is 3.47. The van der Waals surface area contributed by atoms with Gasteiger partial charge in [-0.15, -0.1) is 0 Å². The summed E-state index contributed by atoms with van der Waals surface area (Å²) in [5.41, 5.74) is 2.78. The van der Waals surface area contributed by atoms with Crippen LogP contribution >= 0.6 is 0 Å². The Kier molecular flexibility index (Phi) is 5.67. The van der Waals surface area contributed by atoms with E-state index in [0.717, 1.165) is 16.0 Å². The van der Waals surface area contributed by atoms with Gasteiger partial charge in [-0.05, 0) is 54.7 Å². The summed E-state index contributed by atoms with van der Waals surface area (Å²) < 4.78 is 10.9. The molecule has 2 atom stereocenters. The average molecular weight is 437 g/mol. The van der Waals surface area contributed by atoms with Gasteiger partial charge in [0.15, 0.2) is 11.5 Å². The fourth-order valence-electron chi connectivity index (χ4n) is 4.77. The number of imide groups is 1. The first kappa shape index (κ1) is 21.9. The third-order valence-corrected chi connectivity index (χ3v) is 6.46. The fraction of sp³-hybridized carbons (Fsp3) is 0.400. The van der Waals surface area contributed by atoms with Crippen LogP contribution in [0.15, 0.2) is 36.4 Å². The summed E-state index contributed by atoms with van der Waals surface area (Å²) >= 11 is 0. The van der Waals surface area contributed by atoms with Crippen molar-refractivity contribution in [3.63, 3.8) is 0 Å². The van der Waals surface area contributed by atoms with Crippen molar-refractivity contribution in [1.29, 1.82) is 0 Å². The molecule has 0 unspecified atom stereocenters. The number of nitrogens with zero attached hydrogens (tertiary/aromatic N) is 2. The molecule has 2 aromatic carbocycles. The number of amides is 3. The molecule has 0 aliphatic carbocycles. The molecule has 0 N–H and O–H groups in total. The Morgan fingerprint density at radius 1 is 1.00 bits per heavy atom. The second-order valence-electron chi connectivity index (χ2n) is 8.58. The second-order valence-corrected chi connectivity index (χ2v) is 8.58. The molecule has 2 aromatic rings. The summed E-state index contributed by atoms with van der Waals surface area (Å²) in [7, 11) is 3.18. The lowest BCUT2D eigenvalue weighted by Gasteiger charge is -2.40. The van der Waals surface area contributed by atoms with E-state index >= 15 is 0 Å². The minimum absolute atomic E-state index is 0.220. The normalized spacial score (nSPS) is 18.5. The number of ether oxygens (including phenoxy) is 2. The van der Waals surface area contributed by atoms with Gasteiger partial charge < -0.3 is 14.4 Å². The maximum absolute atomic E-state index is 13.8. The molecule has 7 heteroatoms. The molecule has 32 heavy (non-hydrogen) atoms. The van der Waals surface area contributed by atoms with Crippen LogP contribution < -0.4 is 9.47 Å². The molecule has 0 saturated heterocycles. The molecule has 7 nitrogen and oxygen atoms in total. The third kappa shape index (κ3) is 3.32. The molecule has 2 heterocycles. The minimum Gasteiger partial charge on any atom is -0.493 e. The lowest BCUT2D eigenvalue weighted by Crippen LogP contribution is -2.55. The smallest absolute Gasteiger partial charge is 0.262 e. The van der Waals surface area contributed by atoms with Gasteiger partial charge in [-0.2, -0.15) is 0 Å². The highest BCUT2D eigenvalue weighted by atomic mass is 16.5. The summed E-state index contributed by atoms with van der Waals surface area (Å²) in [6.45, 7) is 6.18. The molecule has 0 fully saturated rings. The first-order chi connectivity index (χ1) is 15.3. The molecule has 3 amide bonds. The van der Waals surface area contributed by atoms with Crippen LogP contribution in [0.5, 0.6) is 11.5 Å². The minimum atomic E-state index is -0.869. The summed E-state index contributed by atoms with van der Waals surface area (Å²) in [4.78, 5) is 42.9. The molecular formula is C25H28N2O5. The number of hydrogen-bond donors (Lipinski definition) is 0. The SMILES string of the molecule is COc1cc2c(cc1OC)[C@@H](C)N(C(=O)[C@@H](C(C)C)N1C(=O)c3ccccc3C1=O)CC2. The zero-order chi connectivity index (χ0) is 23.2. The van der Waals surface area contributed by atoms with Gasteiger partial charge in [-0.25, -0.2) is 0 Å². The van der Waals surface area contributed by atoms with E-state index in [2.05, 4.69) is 0 Å². The first-order valence-corrected chi connectivity index (χ1v) is 10.8. The Labute approximate surface area is 187 Å². The van der Waals surface area contributed by atoms with Crippen molar-refractivity contribution < 1.29 is 23.9 Å². The van der Waals surface area contributed by atoms with Crippen LogP contribution in [0.2, 0.25) is 0 Å². The fourth-order valence-corrected chi connectivity index (χ4v) is 4.77. The van der Waals surface area contributed by atoms with E-state index < -0.39 is 17.9 Å². The van der Waals surface area contributed by atoms with Crippen LogP contribution in [0.4, 0.5) is 0 Å². The Balaban J connectivity index is 1.67. The number of carbonyl (C=O) groups excluding carboxylic acids is 3. The summed E-state index contributed by atoms with van der Waals surface area (Å²) in [6, 6.07) is 9.49. The number of methoxy groups -OCH3 is 2. The van der Waals surface area contributed by atoms with Crippen LogP contribution in [0.25, 0.3) is 0 Å². The van der Waals surface area contributed by atoms with E-state index in [-0.39, 0.29) is 17.9 Å². The lowest BCUT2D eigenvalue weighted by atomic mass is 9.91. The van der Waals surface area contributed by atoms with Gasteiger partial charge >= 0.3 is 0 Å². The lowest BCUT2D eigenvalue weighted by molar-refractivity contribution is -0.139. The molecule has 0 bridgehead atoms. The van der Waals surface area contributed by atoms with Crippen molar-refractivity contribution in [2.24, 2.45) is 5.92 Å². The number of hydrogen-bond acceptors (Lipinski definition) is 5. The van der Waals surface area contributed by atoms with E-state index in [1.807, 2.05) is 32.9 Å². The van der Waals surface area contributed by atoms with Crippen molar-refractivity contribution in [3.05, 3.63) is 58.7 Å². The van der Waals surface area contributed by atoms with Crippen molar-refractivity contribution >= 4 is 17.7 Å². The van der Waals surface area contributed by atoms with E-state index in [9.17, 15) is 14.4 Å². The third-order valence-electron chi connectivity index (χ3n) is 6.46. The Morgan fingerprint density at radius 3 is 2.09 bits per heavy atom. The topological polar surface area (TPSA) is 76.2 Å². The van der Waals surface area contributed by atoms with Crippen LogP contribution in [0, 0.1) is 5.92 Å². The van der Waals surface area contributed by atoms with Gasteiger partial charge in [0.1, 0.15) is 6.04 Å². The maximum Gasteiger partial charge on any atom is 0.262 e. The molecule has 4 rings (SSSR count). The van der Waals surface area contributed by atoms with Gasteiger partial charge in [0, 0.05) is 6.54 Å². The quantitative estimate of drug-likeness (QED) is 0.671. The summed E-state index contributed by atoms with van der Waals surface area (Å²) in [5, 5.41) is 0. The summed E-state index contributed by atoms with van der Waals surface area (Å²) in [5.74, 6) is -0.00754. The van der Waals surface area contributed by atoms with E-state index in [0.29, 0.717) is 35.6 Å². The first-order valence-electron chi connectivity index (χ1n) is 10.8. The van der Waals surface area contributed by atoms with E-state index in [4.69, 9.17) is 9.47 Å². The highest BCUT2D eigenvalue weighted by molar-refractivity contribution is 6.22. The number of fused-ring (bicyclic) bond motifs is 2. The monoisotopic (exact) mass is 436 g/mol. The van der Waals surface area contributed by atoms with E-state index in [1.54, 1.807) is 43.4 Å². The van der Waals surface area contributed by atoms with Crippen LogP contribution in [0.1, 0.15) is 58.7 Å². The summed E-state index contributed by atoms with van der Waals surface area (Å²) in [6.07, 6.45) is 0.651. The number of benzene rings is 2. The maximum atomic E-state index is 13.8. The highest BCUT2D eigenvalue weighted by Crippen LogP contribution is 2.39. The number of rotatable bonds is 5. The molecule has 0 saturated carbocycles. The van der Waals surface area contributed by atoms with Crippen molar-refractivity contribution in [2.75, 3.05) is 20.8 Å². The van der Waals surface area contributed by atoms with Gasteiger partial charge in [0.05, 0.1) is 31.4 Å². The Hall–Kier alpha value is -3.35. The predicted molar refractivity (Wildman–Crippen MR) is 119 cm³/mol. The average Bonchev–Trinajstić information content (AvgIpc) is 3.04. The molecule has 2 aliphatic heterocycles. The second kappa shape index (κ2) is 8.30. The Morgan fingerprint density at radius 2 is 1.56 bits per heavy atom. The molecule has 2 aliphatic rings. The van der Waals surface area contributed by atoms with Gasteiger partial charge in [-0.1, -0.05) is 26.0 Å². The van der Waals surface area contributed by atoms with Crippen LogP contribution in [-0.4, -0.2) is 54.3 Å². The van der Waals surface area contributed by atoms with Gasteiger partial charge in [0.25, 0.3) is 11.8 Å². The molecular weight excluding hydrogens is 408 g/mol. The van der Waals surface area contributed by atoms with Crippen molar-refractivity contribution in [1.82, 2.24) is 9.80 Å².